The van der Waals surface area contributed by atoms with Crippen molar-refractivity contribution in [2.45, 2.75) is 13.3 Å². The van der Waals surface area contributed by atoms with Crippen molar-refractivity contribution in [1.82, 2.24) is 9.97 Å². The number of aromatic nitrogens is 2. The number of benzene rings is 1. The molecule has 0 aliphatic heterocycles. The van der Waals surface area contributed by atoms with Crippen molar-refractivity contribution in [2.75, 3.05) is 36.7 Å². The SMILES string of the molecule is CCCOc1ncnc(Nc2cccc(N(C)C)c2)c1N. The second-order valence-corrected chi connectivity index (χ2v) is 4.86. The summed E-state index contributed by atoms with van der Waals surface area (Å²) in [6.45, 7) is 2.61. The number of rotatable bonds is 6. The number of nitrogen functional groups attached to an aromatic ring is 1. The number of hydrogen-bond acceptors (Lipinski definition) is 6. The minimum Gasteiger partial charge on any atom is -0.476 e. The largest absolute Gasteiger partial charge is 0.476 e. The second kappa shape index (κ2) is 6.78. The van der Waals surface area contributed by atoms with E-state index in [-0.39, 0.29) is 0 Å². The van der Waals surface area contributed by atoms with E-state index in [9.17, 15) is 0 Å². The fraction of sp³-hybridized carbons (Fsp3) is 0.333. The Balaban J connectivity index is 2.21. The third-order valence-corrected chi connectivity index (χ3v) is 2.92. The smallest absolute Gasteiger partial charge is 0.242 e. The van der Waals surface area contributed by atoms with Gasteiger partial charge in [0, 0.05) is 25.5 Å². The Morgan fingerprint density at radius 3 is 2.81 bits per heavy atom. The highest BCUT2D eigenvalue weighted by Crippen LogP contribution is 2.28. The van der Waals surface area contributed by atoms with Gasteiger partial charge in [-0.15, -0.1) is 0 Å². The summed E-state index contributed by atoms with van der Waals surface area (Å²) >= 11 is 0. The van der Waals surface area contributed by atoms with Gasteiger partial charge in [0.1, 0.15) is 12.0 Å². The molecule has 0 unspecified atom stereocenters. The van der Waals surface area contributed by atoms with Crippen LogP contribution in [0.2, 0.25) is 0 Å². The minimum absolute atomic E-state index is 0.415. The lowest BCUT2D eigenvalue weighted by Gasteiger charge is -2.15. The van der Waals surface area contributed by atoms with Crippen LogP contribution in [0, 0.1) is 0 Å². The first kappa shape index (κ1) is 14.9. The fourth-order valence-electron chi connectivity index (χ4n) is 1.79. The number of anilines is 4. The maximum Gasteiger partial charge on any atom is 0.242 e. The average Bonchev–Trinajstić information content (AvgIpc) is 2.48. The van der Waals surface area contributed by atoms with Crippen LogP contribution in [0.25, 0.3) is 0 Å². The van der Waals surface area contributed by atoms with Gasteiger partial charge in [0.15, 0.2) is 5.82 Å². The van der Waals surface area contributed by atoms with E-state index >= 15 is 0 Å². The zero-order valence-electron chi connectivity index (χ0n) is 12.6. The molecular weight excluding hydrogens is 266 g/mol. The van der Waals surface area contributed by atoms with Crippen LogP contribution in [-0.4, -0.2) is 30.7 Å². The van der Waals surface area contributed by atoms with Crippen molar-refractivity contribution >= 4 is 22.9 Å². The van der Waals surface area contributed by atoms with Crippen molar-refractivity contribution in [3.63, 3.8) is 0 Å². The van der Waals surface area contributed by atoms with Gasteiger partial charge in [-0.05, 0) is 24.6 Å². The van der Waals surface area contributed by atoms with Gasteiger partial charge < -0.3 is 20.7 Å². The topological polar surface area (TPSA) is 76.3 Å². The van der Waals surface area contributed by atoms with Crippen LogP contribution in [0.15, 0.2) is 30.6 Å². The maximum absolute atomic E-state index is 6.05. The molecule has 0 amide bonds. The molecule has 0 saturated heterocycles. The van der Waals surface area contributed by atoms with E-state index in [0.717, 1.165) is 17.8 Å². The molecule has 0 spiro atoms. The molecule has 1 heterocycles. The van der Waals surface area contributed by atoms with Gasteiger partial charge >= 0.3 is 0 Å². The lowest BCUT2D eigenvalue weighted by molar-refractivity contribution is 0.307. The van der Waals surface area contributed by atoms with Crippen LogP contribution in [0.3, 0.4) is 0 Å². The van der Waals surface area contributed by atoms with E-state index in [1.165, 1.54) is 6.33 Å². The molecule has 112 valence electrons. The Morgan fingerprint density at radius 2 is 2.10 bits per heavy atom. The molecule has 0 aliphatic carbocycles. The van der Waals surface area contributed by atoms with Crippen LogP contribution < -0.4 is 20.7 Å². The summed E-state index contributed by atoms with van der Waals surface area (Å²) in [5, 5.41) is 3.20. The Hall–Kier alpha value is -2.50. The molecule has 0 saturated carbocycles. The van der Waals surface area contributed by atoms with Crippen LogP contribution in [0.1, 0.15) is 13.3 Å². The summed E-state index contributed by atoms with van der Waals surface area (Å²) < 4.78 is 5.50. The zero-order valence-corrected chi connectivity index (χ0v) is 12.6. The van der Waals surface area contributed by atoms with Gasteiger partial charge in [-0.2, -0.15) is 4.98 Å². The Kier molecular flexibility index (Phi) is 4.81. The normalized spacial score (nSPS) is 10.2. The van der Waals surface area contributed by atoms with Crippen molar-refractivity contribution in [3.05, 3.63) is 30.6 Å². The van der Waals surface area contributed by atoms with Crippen molar-refractivity contribution in [2.24, 2.45) is 0 Å². The molecule has 1 aromatic heterocycles. The van der Waals surface area contributed by atoms with Gasteiger partial charge in [-0.1, -0.05) is 13.0 Å². The molecule has 0 radical (unpaired) electrons. The van der Waals surface area contributed by atoms with Crippen LogP contribution in [0.4, 0.5) is 22.9 Å². The average molecular weight is 287 g/mol. The summed E-state index contributed by atoms with van der Waals surface area (Å²) in [4.78, 5) is 10.3. The predicted molar refractivity (Wildman–Crippen MR) is 86.3 cm³/mol. The molecule has 0 atom stereocenters. The van der Waals surface area contributed by atoms with Crippen molar-refractivity contribution in [1.29, 1.82) is 0 Å². The highest BCUT2D eigenvalue weighted by atomic mass is 16.5. The van der Waals surface area contributed by atoms with E-state index in [2.05, 4.69) is 15.3 Å². The van der Waals surface area contributed by atoms with Crippen LogP contribution in [-0.2, 0) is 0 Å². The monoisotopic (exact) mass is 287 g/mol. The van der Waals surface area contributed by atoms with Crippen molar-refractivity contribution in [3.8, 4) is 5.88 Å². The summed E-state index contributed by atoms with van der Waals surface area (Å²) in [6.07, 6.45) is 2.34. The molecule has 0 bridgehead atoms. The number of hydrogen-bond donors (Lipinski definition) is 2. The summed E-state index contributed by atoms with van der Waals surface area (Å²) in [7, 11) is 3.99. The van der Waals surface area contributed by atoms with Gasteiger partial charge in [0.05, 0.1) is 6.61 Å². The number of nitrogens with zero attached hydrogens (tertiary/aromatic N) is 3. The fourth-order valence-corrected chi connectivity index (χ4v) is 1.79. The molecule has 6 heteroatoms. The molecular formula is C15H21N5O. The molecule has 2 rings (SSSR count). The maximum atomic E-state index is 6.05. The van der Waals surface area contributed by atoms with E-state index in [0.29, 0.717) is 24.0 Å². The number of nitrogens with two attached hydrogens (primary N) is 1. The molecule has 21 heavy (non-hydrogen) atoms. The van der Waals surface area contributed by atoms with Crippen LogP contribution in [0.5, 0.6) is 5.88 Å². The molecule has 3 N–H and O–H groups in total. The van der Waals surface area contributed by atoms with Gasteiger partial charge in [0.25, 0.3) is 0 Å². The Morgan fingerprint density at radius 1 is 1.29 bits per heavy atom. The third kappa shape index (κ3) is 3.75. The van der Waals surface area contributed by atoms with Gasteiger partial charge in [0.2, 0.25) is 5.88 Å². The highest BCUT2D eigenvalue weighted by Gasteiger charge is 2.09. The highest BCUT2D eigenvalue weighted by molar-refractivity contribution is 5.73. The minimum atomic E-state index is 0.415. The summed E-state index contributed by atoms with van der Waals surface area (Å²) in [5.74, 6) is 0.963. The first-order valence-corrected chi connectivity index (χ1v) is 6.89. The lowest BCUT2D eigenvalue weighted by Crippen LogP contribution is -2.09. The predicted octanol–water partition coefficient (Wildman–Crippen LogP) is 2.66. The standard InChI is InChI=1S/C15H21N5O/c1-4-8-21-15-13(16)14(17-10-18-15)19-11-6-5-7-12(9-11)20(2)3/h5-7,9-10H,4,8,16H2,1-3H3,(H,17,18,19). The molecule has 0 aliphatic rings. The van der Waals surface area contributed by atoms with Gasteiger partial charge in [-0.3, -0.25) is 0 Å². The van der Waals surface area contributed by atoms with E-state index in [4.69, 9.17) is 10.5 Å². The van der Waals surface area contributed by atoms with Crippen molar-refractivity contribution < 1.29 is 4.74 Å². The lowest BCUT2D eigenvalue weighted by atomic mass is 10.2. The quantitative estimate of drug-likeness (QED) is 0.850. The Labute approximate surface area is 125 Å². The van der Waals surface area contributed by atoms with Gasteiger partial charge in [-0.25, -0.2) is 4.98 Å². The summed E-state index contributed by atoms with van der Waals surface area (Å²) in [5.41, 5.74) is 8.47. The Bertz CT molecular complexity index is 600. The molecule has 1 aromatic carbocycles. The molecule has 6 nitrogen and oxygen atoms in total. The van der Waals surface area contributed by atoms with E-state index in [1.54, 1.807) is 0 Å². The van der Waals surface area contributed by atoms with Crippen LogP contribution >= 0.6 is 0 Å². The first-order valence-electron chi connectivity index (χ1n) is 6.89. The number of nitrogens with one attached hydrogen (secondary N) is 1. The van der Waals surface area contributed by atoms with E-state index < -0.39 is 0 Å². The molecule has 0 fully saturated rings. The second-order valence-electron chi connectivity index (χ2n) is 4.86. The number of ether oxygens (including phenoxy) is 1. The third-order valence-electron chi connectivity index (χ3n) is 2.92. The van der Waals surface area contributed by atoms with E-state index in [1.807, 2.05) is 50.2 Å². The molecule has 2 aromatic rings. The zero-order chi connectivity index (χ0) is 15.2. The first-order chi connectivity index (χ1) is 10.1. The summed E-state index contributed by atoms with van der Waals surface area (Å²) in [6, 6.07) is 7.99.